The molecule has 2 aliphatic carbocycles. The highest BCUT2D eigenvalue weighted by Gasteiger charge is 2.47. The van der Waals surface area contributed by atoms with Crippen molar-refractivity contribution in [1.82, 2.24) is 14.7 Å². The number of pyridine rings is 1. The zero-order chi connectivity index (χ0) is 14.4. The van der Waals surface area contributed by atoms with Crippen LogP contribution in [-0.2, 0) is 0 Å². The molecule has 2 bridgehead atoms. The number of hydrogen-bond acceptors (Lipinski definition) is 3. The lowest BCUT2D eigenvalue weighted by atomic mass is 9.85. The highest BCUT2D eigenvalue weighted by atomic mass is 16.3. The van der Waals surface area contributed by atoms with Crippen molar-refractivity contribution in [3.05, 3.63) is 36.4 Å². The number of carbonyl (C=O) groups is 1. The molecule has 21 heavy (non-hydrogen) atoms. The first-order valence-corrected chi connectivity index (χ1v) is 7.59. The van der Waals surface area contributed by atoms with Crippen molar-refractivity contribution in [2.24, 2.45) is 17.8 Å². The summed E-state index contributed by atoms with van der Waals surface area (Å²) < 4.78 is 1.88. The zero-order valence-electron chi connectivity index (χ0n) is 11.8. The van der Waals surface area contributed by atoms with E-state index in [4.69, 9.17) is 0 Å². The normalized spacial score (nSPS) is 30.9. The van der Waals surface area contributed by atoms with Gasteiger partial charge in [0, 0.05) is 30.3 Å². The number of amides is 1. The number of aliphatic hydroxyl groups excluding tert-OH is 1. The van der Waals surface area contributed by atoms with Crippen LogP contribution in [-0.4, -0.2) is 33.0 Å². The summed E-state index contributed by atoms with van der Waals surface area (Å²) in [6, 6.07) is 3.79. The van der Waals surface area contributed by atoms with Crippen LogP contribution in [0.3, 0.4) is 0 Å². The first-order chi connectivity index (χ1) is 10.3. The molecule has 1 amide bonds. The lowest BCUT2D eigenvalue weighted by molar-refractivity contribution is 0.0861. The van der Waals surface area contributed by atoms with Gasteiger partial charge in [-0.25, -0.2) is 4.98 Å². The van der Waals surface area contributed by atoms with Crippen LogP contribution in [0.15, 0.2) is 30.9 Å². The quantitative estimate of drug-likeness (QED) is 0.897. The molecular weight excluding hydrogens is 266 g/mol. The largest absolute Gasteiger partial charge is 0.396 e. The molecule has 2 aromatic heterocycles. The Morgan fingerprint density at radius 2 is 2.29 bits per heavy atom. The Hall–Kier alpha value is -1.88. The second-order valence-electron chi connectivity index (χ2n) is 6.32. The fourth-order valence-corrected chi connectivity index (χ4v) is 4.19. The van der Waals surface area contributed by atoms with Gasteiger partial charge in [-0.15, -0.1) is 0 Å². The topological polar surface area (TPSA) is 66.6 Å². The number of imidazole rings is 1. The SMILES string of the molecule is O=C(NC1C2CCC(C2)C1CO)c1ccn2cncc2c1. The number of aliphatic hydroxyl groups is 1. The van der Waals surface area contributed by atoms with Gasteiger partial charge in [0.05, 0.1) is 18.0 Å². The second-order valence-corrected chi connectivity index (χ2v) is 6.32. The van der Waals surface area contributed by atoms with E-state index in [0.29, 0.717) is 17.4 Å². The van der Waals surface area contributed by atoms with Gasteiger partial charge in [0.25, 0.3) is 5.91 Å². The third kappa shape index (κ3) is 2.03. The fraction of sp³-hybridized carbons (Fsp3) is 0.500. The molecule has 2 saturated carbocycles. The van der Waals surface area contributed by atoms with Crippen molar-refractivity contribution in [3.63, 3.8) is 0 Å². The number of hydrogen-bond donors (Lipinski definition) is 2. The molecule has 4 rings (SSSR count). The molecule has 5 heteroatoms. The average Bonchev–Trinajstić information content (AvgIpc) is 3.21. The molecule has 0 saturated heterocycles. The van der Waals surface area contributed by atoms with E-state index in [1.165, 1.54) is 12.8 Å². The Kier molecular flexibility index (Phi) is 2.96. The van der Waals surface area contributed by atoms with Gasteiger partial charge in [-0.05, 0) is 43.2 Å². The Balaban J connectivity index is 1.55. The summed E-state index contributed by atoms with van der Waals surface area (Å²) in [4.78, 5) is 16.5. The van der Waals surface area contributed by atoms with Gasteiger partial charge in [-0.1, -0.05) is 0 Å². The van der Waals surface area contributed by atoms with Crippen molar-refractivity contribution in [3.8, 4) is 0 Å². The van der Waals surface area contributed by atoms with Gasteiger partial charge in [-0.3, -0.25) is 4.79 Å². The summed E-state index contributed by atoms with van der Waals surface area (Å²) in [5.74, 6) is 1.30. The van der Waals surface area contributed by atoms with E-state index >= 15 is 0 Å². The van der Waals surface area contributed by atoms with E-state index in [1.807, 2.05) is 22.7 Å². The summed E-state index contributed by atoms with van der Waals surface area (Å²) >= 11 is 0. The predicted octanol–water partition coefficient (Wildman–Crippen LogP) is 1.47. The molecule has 2 fully saturated rings. The van der Waals surface area contributed by atoms with Crippen molar-refractivity contribution in [2.45, 2.75) is 25.3 Å². The minimum atomic E-state index is -0.0466. The Bertz CT molecular complexity index is 681. The number of nitrogens with zero attached hydrogens (tertiary/aromatic N) is 2. The molecule has 0 aromatic carbocycles. The lowest BCUT2D eigenvalue weighted by Gasteiger charge is -2.30. The Morgan fingerprint density at radius 3 is 3.14 bits per heavy atom. The van der Waals surface area contributed by atoms with Crippen LogP contribution < -0.4 is 5.32 Å². The highest BCUT2D eigenvalue weighted by molar-refractivity contribution is 5.95. The van der Waals surface area contributed by atoms with Crippen LogP contribution in [0.25, 0.3) is 5.52 Å². The first kappa shape index (κ1) is 12.8. The number of aromatic nitrogens is 2. The molecule has 2 aliphatic rings. The minimum Gasteiger partial charge on any atom is -0.396 e. The average molecular weight is 285 g/mol. The maximum Gasteiger partial charge on any atom is 0.251 e. The Labute approximate surface area is 123 Å². The molecule has 2 heterocycles. The number of carbonyl (C=O) groups excluding carboxylic acids is 1. The van der Waals surface area contributed by atoms with Crippen LogP contribution >= 0.6 is 0 Å². The van der Waals surface area contributed by atoms with Gasteiger partial charge < -0.3 is 14.8 Å². The van der Waals surface area contributed by atoms with E-state index in [9.17, 15) is 9.90 Å². The fourth-order valence-electron chi connectivity index (χ4n) is 4.19. The summed E-state index contributed by atoms with van der Waals surface area (Å²) in [5, 5.41) is 12.7. The minimum absolute atomic E-state index is 0.0466. The number of nitrogens with one attached hydrogen (secondary N) is 1. The van der Waals surface area contributed by atoms with E-state index in [1.54, 1.807) is 12.5 Å². The summed E-state index contributed by atoms with van der Waals surface area (Å²) in [6.45, 7) is 0.174. The third-order valence-electron chi connectivity index (χ3n) is 5.27. The van der Waals surface area contributed by atoms with Crippen LogP contribution in [0.2, 0.25) is 0 Å². The molecule has 2 N–H and O–H groups in total. The molecule has 2 aromatic rings. The predicted molar refractivity (Wildman–Crippen MR) is 77.9 cm³/mol. The van der Waals surface area contributed by atoms with Gasteiger partial charge in [0.2, 0.25) is 0 Å². The van der Waals surface area contributed by atoms with Crippen molar-refractivity contribution >= 4 is 11.4 Å². The monoisotopic (exact) mass is 285 g/mol. The van der Waals surface area contributed by atoms with E-state index in [-0.39, 0.29) is 24.5 Å². The van der Waals surface area contributed by atoms with Gasteiger partial charge >= 0.3 is 0 Å². The number of rotatable bonds is 3. The maximum absolute atomic E-state index is 12.5. The maximum atomic E-state index is 12.5. The molecule has 4 atom stereocenters. The van der Waals surface area contributed by atoms with E-state index in [2.05, 4.69) is 10.3 Å². The van der Waals surface area contributed by atoms with Crippen LogP contribution in [0, 0.1) is 17.8 Å². The standard InChI is InChI=1S/C16H19N3O2/c20-8-14-10-1-2-11(5-10)15(14)18-16(21)12-3-4-19-9-17-7-13(19)6-12/h3-4,6-7,9-11,14-15,20H,1-2,5,8H2,(H,18,21). The molecule has 4 unspecified atom stereocenters. The molecule has 0 radical (unpaired) electrons. The molecule has 5 nitrogen and oxygen atoms in total. The number of fused-ring (bicyclic) bond motifs is 3. The zero-order valence-corrected chi connectivity index (χ0v) is 11.8. The Morgan fingerprint density at radius 1 is 1.43 bits per heavy atom. The van der Waals surface area contributed by atoms with Crippen LogP contribution in [0.1, 0.15) is 29.6 Å². The van der Waals surface area contributed by atoms with Crippen molar-refractivity contribution in [1.29, 1.82) is 0 Å². The van der Waals surface area contributed by atoms with E-state index < -0.39 is 0 Å². The van der Waals surface area contributed by atoms with Crippen molar-refractivity contribution in [2.75, 3.05) is 6.61 Å². The smallest absolute Gasteiger partial charge is 0.251 e. The summed E-state index contributed by atoms with van der Waals surface area (Å²) in [5.41, 5.74) is 1.57. The van der Waals surface area contributed by atoms with Crippen LogP contribution in [0.5, 0.6) is 0 Å². The lowest BCUT2D eigenvalue weighted by Crippen LogP contribution is -2.45. The summed E-state index contributed by atoms with van der Waals surface area (Å²) in [7, 11) is 0. The molecular formula is C16H19N3O2. The molecule has 110 valence electrons. The van der Waals surface area contributed by atoms with Gasteiger partial charge in [-0.2, -0.15) is 0 Å². The molecule has 0 spiro atoms. The second kappa shape index (κ2) is 4.84. The van der Waals surface area contributed by atoms with Crippen LogP contribution in [0.4, 0.5) is 0 Å². The first-order valence-electron chi connectivity index (χ1n) is 7.59. The highest BCUT2D eigenvalue weighted by Crippen LogP contribution is 2.48. The third-order valence-corrected chi connectivity index (χ3v) is 5.27. The van der Waals surface area contributed by atoms with Crippen molar-refractivity contribution < 1.29 is 9.90 Å². The van der Waals surface area contributed by atoms with E-state index in [0.717, 1.165) is 11.9 Å². The molecule has 0 aliphatic heterocycles. The summed E-state index contributed by atoms with van der Waals surface area (Å²) in [6.07, 6.45) is 8.83. The van der Waals surface area contributed by atoms with Gasteiger partial charge in [0.15, 0.2) is 0 Å². The van der Waals surface area contributed by atoms with Gasteiger partial charge in [0.1, 0.15) is 0 Å².